The van der Waals surface area contributed by atoms with Gasteiger partial charge >= 0.3 is 0 Å². The number of aromatic nitrogens is 5. The van der Waals surface area contributed by atoms with Gasteiger partial charge in [0.05, 0.1) is 12.3 Å². The van der Waals surface area contributed by atoms with E-state index in [0.29, 0.717) is 29.0 Å². The van der Waals surface area contributed by atoms with Gasteiger partial charge in [-0.25, -0.2) is 13.5 Å². The van der Waals surface area contributed by atoms with Gasteiger partial charge in [-0.1, -0.05) is 5.21 Å². The zero-order chi connectivity index (χ0) is 20.4. The maximum atomic E-state index is 14.1. The van der Waals surface area contributed by atoms with E-state index in [4.69, 9.17) is 4.74 Å². The molecule has 0 aliphatic heterocycles. The molecule has 0 saturated carbocycles. The van der Waals surface area contributed by atoms with Crippen LogP contribution in [0.5, 0.6) is 5.75 Å². The Hall–Kier alpha value is -3.40. The average Bonchev–Trinajstić information content (AvgIpc) is 3.30. The number of halogens is 2. The maximum absolute atomic E-state index is 14.1. The molecule has 10 heteroatoms. The molecule has 0 unspecified atom stereocenters. The van der Waals surface area contributed by atoms with Gasteiger partial charge in [-0.05, 0) is 50.2 Å². The van der Waals surface area contributed by atoms with Gasteiger partial charge < -0.3 is 10.1 Å². The summed E-state index contributed by atoms with van der Waals surface area (Å²) < 4.78 is 38.3. The van der Waals surface area contributed by atoms with Crippen molar-refractivity contribution in [3.63, 3.8) is 0 Å². The second kappa shape index (κ2) is 7.92. The summed E-state index contributed by atoms with van der Waals surface area (Å²) >= 11 is 1.17. The molecule has 1 N–H and O–H groups in total. The Morgan fingerprint density at radius 3 is 2.66 bits per heavy atom. The molecule has 0 amide bonds. The van der Waals surface area contributed by atoms with E-state index < -0.39 is 11.6 Å². The minimum atomic E-state index is -0.728. The second-order valence-corrected chi connectivity index (χ2v) is 6.79. The number of ether oxygens (including phenoxy) is 1. The number of rotatable bonds is 6. The summed E-state index contributed by atoms with van der Waals surface area (Å²) in [7, 11) is 0. The first-order valence-electron chi connectivity index (χ1n) is 8.77. The van der Waals surface area contributed by atoms with Crippen molar-refractivity contribution >= 4 is 22.4 Å². The van der Waals surface area contributed by atoms with E-state index in [1.807, 2.05) is 31.2 Å². The molecule has 2 heterocycles. The molecular weight excluding hydrogens is 398 g/mol. The van der Waals surface area contributed by atoms with Crippen molar-refractivity contribution in [2.45, 2.75) is 13.8 Å². The zero-order valence-electron chi connectivity index (χ0n) is 15.6. The maximum Gasteiger partial charge on any atom is 0.207 e. The van der Waals surface area contributed by atoms with Crippen molar-refractivity contribution in [1.82, 2.24) is 24.4 Å². The smallest absolute Gasteiger partial charge is 0.207 e. The van der Waals surface area contributed by atoms with E-state index in [-0.39, 0.29) is 5.69 Å². The van der Waals surface area contributed by atoms with Gasteiger partial charge in [0.1, 0.15) is 17.3 Å². The van der Waals surface area contributed by atoms with Gasteiger partial charge in [-0.15, -0.1) is 5.10 Å². The lowest BCUT2D eigenvalue weighted by atomic mass is 10.2. The molecule has 2 aromatic heterocycles. The third-order valence-corrected chi connectivity index (χ3v) is 4.72. The van der Waals surface area contributed by atoms with Gasteiger partial charge in [0, 0.05) is 23.3 Å². The molecule has 0 aliphatic rings. The van der Waals surface area contributed by atoms with Gasteiger partial charge in [0.25, 0.3) is 0 Å². The number of hydrogen-bond acceptors (Lipinski definition) is 7. The number of nitrogens with zero attached hydrogens (tertiary/aromatic N) is 5. The monoisotopic (exact) mass is 414 g/mol. The summed E-state index contributed by atoms with van der Waals surface area (Å²) in [6.45, 7) is 4.25. The van der Waals surface area contributed by atoms with E-state index in [1.165, 1.54) is 28.3 Å². The number of benzene rings is 2. The van der Waals surface area contributed by atoms with Gasteiger partial charge in [-0.2, -0.15) is 9.36 Å². The van der Waals surface area contributed by atoms with E-state index in [9.17, 15) is 8.78 Å². The van der Waals surface area contributed by atoms with Crippen molar-refractivity contribution in [2.75, 3.05) is 11.9 Å². The summed E-state index contributed by atoms with van der Waals surface area (Å²) in [5, 5.41) is 11.8. The Labute approximate surface area is 169 Å². The fourth-order valence-electron chi connectivity index (χ4n) is 2.71. The highest BCUT2D eigenvalue weighted by Gasteiger charge is 2.18. The van der Waals surface area contributed by atoms with Crippen molar-refractivity contribution in [3.05, 3.63) is 59.8 Å². The van der Waals surface area contributed by atoms with Crippen LogP contribution in [0.25, 0.3) is 17.2 Å². The third kappa shape index (κ3) is 3.92. The molecule has 2 aromatic carbocycles. The fourth-order valence-corrected chi connectivity index (χ4v) is 3.30. The van der Waals surface area contributed by atoms with E-state index in [2.05, 4.69) is 25.0 Å². The minimum absolute atomic E-state index is 0.102. The Morgan fingerprint density at radius 2 is 1.93 bits per heavy atom. The summed E-state index contributed by atoms with van der Waals surface area (Å²) in [5.41, 5.74) is 1.90. The van der Waals surface area contributed by atoms with Crippen LogP contribution < -0.4 is 10.1 Å². The highest BCUT2D eigenvalue weighted by Crippen LogP contribution is 2.27. The minimum Gasteiger partial charge on any atom is -0.494 e. The highest BCUT2D eigenvalue weighted by molar-refractivity contribution is 7.09. The quantitative estimate of drug-likeness (QED) is 0.500. The summed E-state index contributed by atoms with van der Waals surface area (Å²) in [6.07, 6.45) is 0. The fraction of sp³-hybridized carbons (Fsp3) is 0.158. The van der Waals surface area contributed by atoms with Crippen LogP contribution in [-0.2, 0) is 0 Å². The van der Waals surface area contributed by atoms with E-state index in [0.717, 1.165) is 17.5 Å². The van der Waals surface area contributed by atoms with Crippen molar-refractivity contribution in [3.8, 4) is 23.0 Å². The molecule has 0 atom stereocenters. The van der Waals surface area contributed by atoms with E-state index in [1.54, 1.807) is 6.92 Å². The molecule has 0 saturated heterocycles. The Bertz CT molecular complexity index is 1140. The molecule has 29 heavy (non-hydrogen) atoms. The molecule has 4 aromatic rings. The predicted molar refractivity (Wildman–Crippen MR) is 106 cm³/mol. The first-order chi connectivity index (χ1) is 14.0. The molecule has 0 spiro atoms. The number of hydrogen-bond donors (Lipinski definition) is 1. The molecule has 0 aliphatic carbocycles. The normalized spacial score (nSPS) is 10.9. The summed E-state index contributed by atoms with van der Waals surface area (Å²) in [4.78, 5) is 4.43. The topological polar surface area (TPSA) is 77.8 Å². The molecule has 0 fully saturated rings. The molecule has 7 nitrogen and oxygen atoms in total. The lowest BCUT2D eigenvalue weighted by Crippen LogP contribution is -2.02. The van der Waals surface area contributed by atoms with Crippen LogP contribution >= 0.6 is 11.5 Å². The van der Waals surface area contributed by atoms with Crippen LogP contribution in [0, 0.1) is 18.6 Å². The van der Waals surface area contributed by atoms with Crippen LogP contribution in [0.1, 0.15) is 12.6 Å². The van der Waals surface area contributed by atoms with Gasteiger partial charge in [-0.3, -0.25) is 0 Å². The van der Waals surface area contributed by atoms with Crippen molar-refractivity contribution < 1.29 is 13.5 Å². The van der Waals surface area contributed by atoms with Crippen LogP contribution in [0.2, 0.25) is 0 Å². The third-order valence-electron chi connectivity index (χ3n) is 4.09. The van der Waals surface area contributed by atoms with Crippen molar-refractivity contribution in [2.24, 2.45) is 0 Å². The van der Waals surface area contributed by atoms with Crippen LogP contribution in [0.3, 0.4) is 0 Å². The predicted octanol–water partition coefficient (Wildman–Crippen LogP) is 4.51. The number of anilines is 2. The standard InChI is InChI=1S/C19H16F2N6OS/c1-3-28-14-7-5-13(6-8-14)22-19-23-18(25-29-19)17-11(2)27(26-24-17)16-9-4-12(20)10-15(16)21/h4-10H,3H2,1-2H3,(H,22,23,25). The Morgan fingerprint density at radius 1 is 1.14 bits per heavy atom. The molecular formula is C19H16F2N6OS. The molecule has 4 rings (SSSR count). The zero-order valence-corrected chi connectivity index (χ0v) is 16.4. The first-order valence-corrected chi connectivity index (χ1v) is 9.54. The van der Waals surface area contributed by atoms with Crippen molar-refractivity contribution in [1.29, 1.82) is 0 Å². The molecule has 148 valence electrons. The second-order valence-electron chi connectivity index (χ2n) is 6.04. The van der Waals surface area contributed by atoms with Crippen LogP contribution in [0.4, 0.5) is 19.6 Å². The number of nitrogens with one attached hydrogen (secondary N) is 1. The largest absolute Gasteiger partial charge is 0.494 e. The van der Waals surface area contributed by atoms with Crippen LogP contribution in [-0.4, -0.2) is 31.0 Å². The summed E-state index contributed by atoms with van der Waals surface area (Å²) in [6, 6.07) is 10.8. The SMILES string of the molecule is CCOc1ccc(Nc2nc(-c3nnn(-c4ccc(F)cc4F)c3C)ns2)cc1. The highest BCUT2D eigenvalue weighted by atomic mass is 32.1. The van der Waals surface area contributed by atoms with Crippen LogP contribution in [0.15, 0.2) is 42.5 Å². The van der Waals surface area contributed by atoms with E-state index >= 15 is 0 Å². The average molecular weight is 414 g/mol. The molecule has 0 radical (unpaired) electrons. The first kappa shape index (κ1) is 18.9. The van der Waals surface area contributed by atoms with Gasteiger partial charge in [0.15, 0.2) is 17.3 Å². The van der Waals surface area contributed by atoms with Gasteiger partial charge in [0.2, 0.25) is 5.13 Å². The lowest BCUT2D eigenvalue weighted by Gasteiger charge is -2.05. The lowest BCUT2D eigenvalue weighted by molar-refractivity contribution is 0.340. The molecule has 0 bridgehead atoms. The Balaban J connectivity index is 1.56. The summed E-state index contributed by atoms with van der Waals surface area (Å²) in [5.74, 6) is -0.227. The Kier molecular flexibility index (Phi) is 5.17.